The zero-order valence-electron chi connectivity index (χ0n) is 17.5. The van der Waals surface area contributed by atoms with Crippen LogP contribution in [0.2, 0.25) is 0 Å². The summed E-state index contributed by atoms with van der Waals surface area (Å²) in [6, 6.07) is 33.8. The Morgan fingerprint density at radius 1 is 0.645 bits per heavy atom. The minimum Gasteiger partial charge on any atom is -0.282 e. The molecule has 4 rings (SSSR count). The summed E-state index contributed by atoms with van der Waals surface area (Å²) in [6.45, 7) is 3.79. The van der Waals surface area contributed by atoms with Gasteiger partial charge < -0.3 is 0 Å². The molecule has 4 aromatic carbocycles. The fraction of sp³-hybridized carbons (Fsp3) is 0.0769. The largest absolute Gasteiger partial charge is 0.294 e. The van der Waals surface area contributed by atoms with Crippen molar-refractivity contribution in [1.82, 2.24) is 0 Å². The molecule has 0 radical (unpaired) electrons. The van der Waals surface area contributed by atoms with Gasteiger partial charge in [0.15, 0.2) is 8.07 Å². The highest BCUT2D eigenvalue weighted by Crippen LogP contribution is 2.19. The van der Waals surface area contributed by atoms with Gasteiger partial charge in [-0.05, 0) is 51.8 Å². The number of rotatable bonds is 5. The quantitative estimate of drug-likeness (QED) is 0.293. The maximum absolute atomic E-state index is 12.7. The number of hydrogen-bond donors (Lipinski definition) is 1. The smallest absolute Gasteiger partial charge is 0.282 e. The van der Waals surface area contributed by atoms with Crippen LogP contribution in [-0.2, 0) is 10.1 Å². The summed E-state index contributed by atoms with van der Waals surface area (Å²) in [7, 11) is -7.51. The Morgan fingerprint density at radius 2 is 1.03 bits per heavy atom. The van der Waals surface area contributed by atoms with Gasteiger partial charge in [0.2, 0.25) is 0 Å². The molecular weight excluding hydrogens is 420 g/mol. The third-order valence-corrected chi connectivity index (χ3v) is 11.8. The summed E-state index contributed by atoms with van der Waals surface area (Å²) in [5, 5.41) is 3.88. The predicted octanol–water partition coefficient (Wildman–Crippen LogP) is 2.93. The van der Waals surface area contributed by atoms with Crippen LogP contribution in [0.4, 0.5) is 0 Å². The Kier molecular flexibility index (Phi) is 5.67. The van der Waals surface area contributed by atoms with Crippen molar-refractivity contribution in [1.29, 1.82) is 0 Å². The van der Waals surface area contributed by atoms with Crippen LogP contribution in [0.3, 0.4) is 0 Å². The lowest BCUT2D eigenvalue weighted by atomic mass is 10.1. The van der Waals surface area contributed by atoms with E-state index in [9.17, 15) is 13.0 Å². The van der Waals surface area contributed by atoms with Crippen molar-refractivity contribution in [3.05, 3.63) is 114 Å². The number of aryl methyl sites for hydroxylation is 2. The average molecular weight is 445 g/mol. The van der Waals surface area contributed by atoms with Gasteiger partial charge in [-0.2, -0.15) is 8.42 Å². The minimum atomic E-state index is -4.45. The summed E-state index contributed by atoms with van der Waals surface area (Å²) < 4.78 is 35.7. The van der Waals surface area contributed by atoms with Crippen LogP contribution in [0, 0.1) is 13.8 Å². The summed E-state index contributed by atoms with van der Waals surface area (Å²) in [5.41, 5.74) is 1.65. The van der Waals surface area contributed by atoms with E-state index in [0.717, 1.165) is 26.7 Å². The molecule has 0 aliphatic heterocycles. The number of benzene rings is 4. The van der Waals surface area contributed by atoms with Crippen molar-refractivity contribution < 1.29 is 13.0 Å². The average Bonchev–Trinajstić information content (AvgIpc) is 2.77. The van der Waals surface area contributed by atoms with Gasteiger partial charge in [0.25, 0.3) is 10.1 Å². The SMILES string of the molecule is Cc1cc(C)c([Si](c2ccccc2)(c2ccccc2)c2ccccc2)c(S(=O)(=O)O)c1. The first kappa shape index (κ1) is 21.2. The van der Waals surface area contributed by atoms with Crippen LogP contribution < -0.4 is 20.7 Å². The van der Waals surface area contributed by atoms with Crippen molar-refractivity contribution in [2.45, 2.75) is 18.7 Å². The first-order chi connectivity index (χ1) is 14.8. The maximum Gasteiger partial charge on any atom is 0.294 e. The van der Waals surface area contributed by atoms with Crippen molar-refractivity contribution >= 4 is 38.9 Å². The van der Waals surface area contributed by atoms with E-state index in [1.54, 1.807) is 6.07 Å². The molecule has 0 aliphatic rings. The molecule has 0 fully saturated rings. The second-order valence-corrected chi connectivity index (χ2v) is 12.9. The molecule has 156 valence electrons. The molecule has 0 bridgehead atoms. The molecule has 0 aromatic heterocycles. The Hall–Kier alpha value is -2.99. The molecule has 0 heterocycles. The Balaban J connectivity index is 2.29. The summed E-state index contributed by atoms with van der Waals surface area (Å²) in [4.78, 5) is -0.00627. The Morgan fingerprint density at radius 3 is 1.39 bits per heavy atom. The normalized spacial score (nSPS) is 12.0. The van der Waals surface area contributed by atoms with Gasteiger partial charge >= 0.3 is 0 Å². The fourth-order valence-electron chi connectivity index (χ4n) is 4.61. The zero-order valence-corrected chi connectivity index (χ0v) is 19.3. The molecule has 0 spiro atoms. The second kappa shape index (κ2) is 8.27. The third-order valence-electron chi connectivity index (χ3n) is 5.72. The summed E-state index contributed by atoms with van der Waals surface area (Å²) >= 11 is 0. The standard InChI is InChI=1S/C26H24O3SSi/c1-20-18-21(2)26(25(19-20)30(27,28)29)31(22-12-6-3-7-13-22,23-14-8-4-9-15-23)24-16-10-5-11-17-24/h3-19H,1-2H3,(H,27,28,29). The van der Waals surface area contributed by atoms with Crippen LogP contribution in [0.5, 0.6) is 0 Å². The van der Waals surface area contributed by atoms with E-state index in [-0.39, 0.29) is 4.90 Å². The van der Waals surface area contributed by atoms with E-state index < -0.39 is 18.2 Å². The molecule has 1 N–H and O–H groups in total. The second-order valence-electron chi connectivity index (χ2n) is 7.78. The lowest BCUT2D eigenvalue weighted by molar-refractivity contribution is 0.483. The Labute approximate surface area is 184 Å². The van der Waals surface area contributed by atoms with Gasteiger partial charge in [-0.15, -0.1) is 0 Å². The molecule has 3 nitrogen and oxygen atoms in total. The first-order valence-electron chi connectivity index (χ1n) is 10.1. The molecule has 0 saturated carbocycles. The van der Waals surface area contributed by atoms with E-state index in [4.69, 9.17) is 0 Å². The van der Waals surface area contributed by atoms with Gasteiger partial charge in [0.1, 0.15) is 0 Å². The van der Waals surface area contributed by atoms with Gasteiger partial charge in [-0.25, -0.2) is 0 Å². The molecule has 4 aromatic rings. The van der Waals surface area contributed by atoms with E-state index in [0.29, 0.717) is 5.19 Å². The molecule has 0 unspecified atom stereocenters. The molecule has 0 saturated heterocycles. The first-order valence-corrected chi connectivity index (χ1v) is 13.5. The van der Waals surface area contributed by atoms with E-state index in [1.165, 1.54) is 0 Å². The van der Waals surface area contributed by atoms with Crippen LogP contribution >= 0.6 is 0 Å². The molecule has 0 atom stereocenters. The summed E-state index contributed by atoms with van der Waals surface area (Å²) in [6.07, 6.45) is 0. The monoisotopic (exact) mass is 444 g/mol. The van der Waals surface area contributed by atoms with Crippen LogP contribution in [0.25, 0.3) is 0 Å². The molecule has 31 heavy (non-hydrogen) atoms. The highest BCUT2D eigenvalue weighted by Gasteiger charge is 2.45. The van der Waals surface area contributed by atoms with Gasteiger partial charge in [-0.1, -0.05) is 97.1 Å². The van der Waals surface area contributed by atoms with Gasteiger partial charge in [0, 0.05) is 0 Å². The van der Waals surface area contributed by atoms with E-state index in [2.05, 4.69) is 36.4 Å². The molecular formula is C26H24O3SSi. The summed E-state index contributed by atoms with van der Waals surface area (Å²) in [5.74, 6) is 0. The maximum atomic E-state index is 12.7. The predicted molar refractivity (Wildman–Crippen MR) is 129 cm³/mol. The van der Waals surface area contributed by atoms with Gasteiger partial charge in [0.05, 0.1) is 4.90 Å². The van der Waals surface area contributed by atoms with Crippen molar-refractivity contribution in [2.75, 3.05) is 0 Å². The fourth-order valence-corrected chi connectivity index (χ4v) is 11.3. The van der Waals surface area contributed by atoms with E-state index in [1.807, 2.05) is 74.5 Å². The van der Waals surface area contributed by atoms with Crippen molar-refractivity contribution in [2.24, 2.45) is 0 Å². The lowest BCUT2D eigenvalue weighted by Crippen LogP contribution is -2.76. The molecule has 0 aliphatic carbocycles. The van der Waals surface area contributed by atoms with Crippen molar-refractivity contribution in [3.63, 3.8) is 0 Å². The zero-order chi connectivity index (χ0) is 22.1. The highest BCUT2D eigenvalue weighted by molar-refractivity contribution is 7.86. The molecule has 5 heteroatoms. The number of hydrogen-bond acceptors (Lipinski definition) is 2. The van der Waals surface area contributed by atoms with Crippen molar-refractivity contribution in [3.8, 4) is 0 Å². The third kappa shape index (κ3) is 3.76. The van der Waals surface area contributed by atoms with Crippen LogP contribution in [0.15, 0.2) is 108 Å². The topological polar surface area (TPSA) is 54.4 Å². The highest BCUT2D eigenvalue weighted by atomic mass is 32.2. The van der Waals surface area contributed by atoms with E-state index >= 15 is 0 Å². The van der Waals surface area contributed by atoms with Crippen LogP contribution in [0.1, 0.15) is 11.1 Å². The minimum absolute atomic E-state index is 0.00627. The Bertz CT molecular complexity index is 1210. The van der Waals surface area contributed by atoms with Crippen LogP contribution in [-0.4, -0.2) is 21.0 Å². The lowest BCUT2D eigenvalue weighted by Gasteiger charge is -2.36. The molecule has 0 amide bonds. The van der Waals surface area contributed by atoms with Gasteiger partial charge in [-0.3, -0.25) is 4.55 Å².